The van der Waals surface area contributed by atoms with Gasteiger partial charge in [-0.05, 0) is 12.5 Å². The molecule has 1 aliphatic heterocycles. The zero-order valence-electron chi connectivity index (χ0n) is 12.9. The van der Waals surface area contributed by atoms with E-state index in [9.17, 15) is 15.0 Å². The maximum Gasteiger partial charge on any atom is 0.271 e. The van der Waals surface area contributed by atoms with Gasteiger partial charge in [0.25, 0.3) is 5.91 Å². The largest absolute Gasteiger partial charge is 0.388 e. The first-order chi connectivity index (χ1) is 11.6. The van der Waals surface area contributed by atoms with Crippen molar-refractivity contribution in [2.75, 3.05) is 24.5 Å². The molecule has 0 aromatic carbocycles. The van der Waals surface area contributed by atoms with E-state index in [2.05, 4.69) is 25.3 Å². The SMILES string of the molecule is O=C(NC[C@]1(O)CCN(c2ncccn2)C[C@H]1O)c1cnccn1. The molecule has 3 N–H and O–H groups in total. The molecule has 126 valence electrons. The summed E-state index contributed by atoms with van der Waals surface area (Å²) in [6.07, 6.45) is 6.69. The highest BCUT2D eigenvalue weighted by molar-refractivity contribution is 5.91. The highest BCUT2D eigenvalue weighted by Gasteiger charge is 2.41. The Morgan fingerprint density at radius 1 is 1.29 bits per heavy atom. The Bertz CT molecular complexity index is 686. The number of β-amino-alcohol motifs (C(OH)–C–C–N with tert-alkyl or cyclic N) is 1. The van der Waals surface area contributed by atoms with Gasteiger partial charge in [0.05, 0.1) is 6.20 Å². The highest BCUT2D eigenvalue weighted by Crippen LogP contribution is 2.24. The lowest BCUT2D eigenvalue weighted by Crippen LogP contribution is -2.60. The van der Waals surface area contributed by atoms with Crippen molar-refractivity contribution in [1.82, 2.24) is 25.3 Å². The van der Waals surface area contributed by atoms with Gasteiger partial charge in [0, 0.05) is 44.4 Å². The Balaban J connectivity index is 1.59. The Hall–Kier alpha value is -2.65. The number of anilines is 1. The Morgan fingerprint density at radius 3 is 2.75 bits per heavy atom. The average Bonchev–Trinajstić information content (AvgIpc) is 2.64. The number of nitrogens with one attached hydrogen (secondary N) is 1. The molecule has 0 radical (unpaired) electrons. The van der Waals surface area contributed by atoms with Gasteiger partial charge < -0.3 is 20.4 Å². The Kier molecular flexibility index (Phi) is 4.63. The second-order valence-electron chi connectivity index (χ2n) is 5.64. The van der Waals surface area contributed by atoms with Crippen LogP contribution in [0.5, 0.6) is 0 Å². The molecule has 2 aromatic heterocycles. The van der Waals surface area contributed by atoms with Crippen LogP contribution in [0.25, 0.3) is 0 Å². The molecule has 24 heavy (non-hydrogen) atoms. The van der Waals surface area contributed by atoms with Crippen LogP contribution in [0.3, 0.4) is 0 Å². The molecule has 1 saturated heterocycles. The molecule has 3 heterocycles. The van der Waals surface area contributed by atoms with E-state index in [-0.39, 0.29) is 25.2 Å². The van der Waals surface area contributed by atoms with E-state index in [0.29, 0.717) is 12.5 Å². The fourth-order valence-corrected chi connectivity index (χ4v) is 2.55. The van der Waals surface area contributed by atoms with E-state index in [1.807, 2.05) is 0 Å². The normalized spacial score (nSPS) is 23.8. The fraction of sp³-hybridized carbons (Fsp3) is 0.400. The predicted molar refractivity (Wildman–Crippen MR) is 84.2 cm³/mol. The van der Waals surface area contributed by atoms with E-state index in [1.54, 1.807) is 23.4 Å². The molecule has 0 saturated carbocycles. The van der Waals surface area contributed by atoms with E-state index in [0.717, 1.165) is 0 Å². The third-order valence-electron chi connectivity index (χ3n) is 4.01. The summed E-state index contributed by atoms with van der Waals surface area (Å²) in [6.45, 7) is 0.577. The molecule has 1 fully saturated rings. The minimum atomic E-state index is -1.41. The van der Waals surface area contributed by atoms with Crippen LogP contribution in [0.1, 0.15) is 16.9 Å². The molecule has 9 nitrogen and oxygen atoms in total. The van der Waals surface area contributed by atoms with Crippen LogP contribution >= 0.6 is 0 Å². The lowest BCUT2D eigenvalue weighted by Gasteiger charge is -2.42. The van der Waals surface area contributed by atoms with Gasteiger partial charge in [0.2, 0.25) is 5.95 Å². The third kappa shape index (κ3) is 3.47. The molecular weight excluding hydrogens is 312 g/mol. The minimum absolute atomic E-state index is 0.0763. The number of aliphatic hydroxyl groups is 2. The van der Waals surface area contributed by atoms with Crippen molar-refractivity contribution in [1.29, 1.82) is 0 Å². The zero-order chi connectivity index (χ0) is 17.0. The van der Waals surface area contributed by atoms with E-state index >= 15 is 0 Å². The quantitative estimate of drug-likeness (QED) is 0.652. The summed E-state index contributed by atoms with van der Waals surface area (Å²) in [6, 6.07) is 1.71. The van der Waals surface area contributed by atoms with Crippen LogP contribution < -0.4 is 10.2 Å². The Labute approximate surface area is 138 Å². The highest BCUT2D eigenvalue weighted by atomic mass is 16.3. The van der Waals surface area contributed by atoms with Crippen molar-refractivity contribution >= 4 is 11.9 Å². The number of carbonyl (C=O) groups is 1. The lowest BCUT2D eigenvalue weighted by atomic mass is 9.88. The van der Waals surface area contributed by atoms with Gasteiger partial charge >= 0.3 is 0 Å². The van der Waals surface area contributed by atoms with Gasteiger partial charge in [-0.2, -0.15) is 0 Å². The molecule has 2 aromatic rings. The minimum Gasteiger partial charge on any atom is -0.388 e. The number of rotatable bonds is 4. The summed E-state index contributed by atoms with van der Waals surface area (Å²) < 4.78 is 0. The van der Waals surface area contributed by atoms with E-state index in [4.69, 9.17) is 0 Å². The molecule has 3 rings (SSSR count). The van der Waals surface area contributed by atoms with Crippen molar-refractivity contribution in [2.24, 2.45) is 0 Å². The molecule has 2 atom stereocenters. The number of piperidine rings is 1. The van der Waals surface area contributed by atoms with Gasteiger partial charge in [0.15, 0.2) is 0 Å². The van der Waals surface area contributed by atoms with Gasteiger partial charge in [0.1, 0.15) is 17.4 Å². The zero-order valence-corrected chi connectivity index (χ0v) is 12.9. The number of amides is 1. The van der Waals surface area contributed by atoms with E-state index in [1.165, 1.54) is 18.6 Å². The van der Waals surface area contributed by atoms with Crippen LogP contribution in [-0.2, 0) is 0 Å². The van der Waals surface area contributed by atoms with Crippen LogP contribution in [0.15, 0.2) is 37.1 Å². The molecule has 0 unspecified atom stereocenters. The molecule has 0 aliphatic carbocycles. The summed E-state index contributed by atoms with van der Waals surface area (Å²) in [5.74, 6) is 0.0553. The number of aliphatic hydroxyl groups excluding tert-OH is 1. The second kappa shape index (κ2) is 6.85. The van der Waals surface area contributed by atoms with Crippen LogP contribution in [0, 0.1) is 0 Å². The maximum atomic E-state index is 12.0. The van der Waals surface area contributed by atoms with Gasteiger partial charge in [-0.3, -0.25) is 9.78 Å². The fourth-order valence-electron chi connectivity index (χ4n) is 2.55. The average molecular weight is 330 g/mol. The summed E-state index contributed by atoms with van der Waals surface area (Å²) in [5, 5.41) is 23.5. The molecule has 0 spiro atoms. The summed E-state index contributed by atoms with van der Waals surface area (Å²) >= 11 is 0. The predicted octanol–water partition coefficient (Wildman–Crippen LogP) is -1.00. The number of aromatic nitrogens is 4. The monoisotopic (exact) mass is 330 g/mol. The first-order valence-electron chi connectivity index (χ1n) is 7.55. The van der Waals surface area contributed by atoms with Crippen molar-refractivity contribution in [3.63, 3.8) is 0 Å². The number of nitrogens with zero attached hydrogens (tertiary/aromatic N) is 5. The standard InChI is InChI=1S/C15H18N6O3/c22-12-9-21(14-18-3-1-4-19-14)7-2-15(12,24)10-20-13(23)11-8-16-5-6-17-11/h1,3-6,8,12,22,24H,2,7,9-10H2,(H,20,23)/t12-,15-/m1/s1. The van der Waals surface area contributed by atoms with Gasteiger partial charge in [-0.1, -0.05) is 0 Å². The molecule has 9 heteroatoms. The smallest absolute Gasteiger partial charge is 0.271 e. The van der Waals surface area contributed by atoms with E-state index < -0.39 is 17.6 Å². The maximum absolute atomic E-state index is 12.0. The first-order valence-corrected chi connectivity index (χ1v) is 7.55. The number of hydrogen-bond donors (Lipinski definition) is 3. The van der Waals surface area contributed by atoms with Crippen LogP contribution in [0.4, 0.5) is 5.95 Å². The topological polar surface area (TPSA) is 124 Å². The second-order valence-corrected chi connectivity index (χ2v) is 5.64. The number of hydrogen-bond acceptors (Lipinski definition) is 8. The molecule has 1 amide bonds. The van der Waals surface area contributed by atoms with Crippen LogP contribution in [-0.4, -0.2) is 67.4 Å². The van der Waals surface area contributed by atoms with Crippen molar-refractivity contribution in [3.8, 4) is 0 Å². The molecule has 1 aliphatic rings. The van der Waals surface area contributed by atoms with Gasteiger partial charge in [-0.15, -0.1) is 0 Å². The van der Waals surface area contributed by atoms with Crippen molar-refractivity contribution < 1.29 is 15.0 Å². The summed E-state index contributed by atoms with van der Waals surface area (Å²) in [7, 11) is 0. The summed E-state index contributed by atoms with van der Waals surface area (Å²) in [5.41, 5.74) is -1.26. The summed E-state index contributed by atoms with van der Waals surface area (Å²) in [4.78, 5) is 29.8. The van der Waals surface area contributed by atoms with Crippen molar-refractivity contribution in [2.45, 2.75) is 18.1 Å². The third-order valence-corrected chi connectivity index (χ3v) is 4.01. The molecule has 0 bridgehead atoms. The van der Waals surface area contributed by atoms with Gasteiger partial charge in [-0.25, -0.2) is 15.0 Å². The van der Waals surface area contributed by atoms with Crippen LogP contribution in [0.2, 0.25) is 0 Å². The first kappa shape index (κ1) is 16.2. The Morgan fingerprint density at radius 2 is 2.08 bits per heavy atom. The lowest BCUT2D eigenvalue weighted by molar-refractivity contribution is -0.0826. The van der Waals surface area contributed by atoms with Crippen molar-refractivity contribution in [3.05, 3.63) is 42.7 Å². The molecular formula is C15H18N6O3. The number of carbonyl (C=O) groups excluding carboxylic acids is 1.